The summed E-state index contributed by atoms with van der Waals surface area (Å²) in [7, 11) is 0. The maximum absolute atomic E-state index is 10.6. The number of aromatic nitrogens is 3. The van der Waals surface area contributed by atoms with Crippen molar-refractivity contribution in [2.45, 2.75) is 32.1 Å². The van der Waals surface area contributed by atoms with Gasteiger partial charge in [0.25, 0.3) is 0 Å². The summed E-state index contributed by atoms with van der Waals surface area (Å²) < 4.78 is 13.0. The maximum atomic E-state index is 10.6. The van der Waals surface area contributed by atoms with Gasteiger partial charge >= 0.3 is 0 Å². The van der Waals surface area contributed by atoms with E-state index in [1.807, 2.05) is 12.1 Å². The van der Waals surface area contributed by atoms with E-state index < -0.39 is 0 Å². The fraction of sp³-hybridized carbons (Fsp3) is 0.467. The number of aromatic hydroxyl groups is 1. The van der Waals surface area contributed by atoms with Gasteiger partial charge in [-0.25, -0.2) is 4.98 Å². The van der Waals surface area contributed by atoms with E-state index in [2.05, 4.69) is 28.8 Å². The highest BCUT2D eigenvalue weighted by atomic mass is 32.1. The Bertz CT molecular complexity index is 787. The molecule has 0 saturated carbocycles. The van der Waals surface area contributed by atoms with Crippen LogP contribution in [0.25, 0.3) is 4.96 Å². The Morgan fingerprint density at radius 3 is 2.78 bits per heavy atom. The zero-order valence-corrected chi connectivity index (χ0v) is 13.7. The van der Waals surface area contributed by atoms with Gasteiger partial charge in [0.15, 0.2) is 0 Å². The van der Waals surface area contributed by atoms with Crippen LogP contribution in [0.1, 0.15) is 30.5 Å². The molecule has 0 unspecified atom stereocenters. The average molecular weight is 334 g/mol. The van der Waals surface area contributed by atoms with Gasteiger partial charge in [-0.1, -0.05) is 11.3 Å². The average Bonchev–Trinajstić information content (AvgIpc) is 3.20. The molecule has 3 atom stereocenters. The van der Waals surface area contributed by atoms with E-state index >= 15 is 0 Å². The highest BCUT2D eigenvalue weighted by molar-refractivity contribution is 7.17. The van der Waals surface area contributed by atoms with Gasteiger partial charge in [-0.05, 0) is 26.0 Å². The van der Waals surface area contributed by atoms with Crippen molar-refractivity contribution in [3.63, 3.8) is 0 Å². The molecule has 3 aromatic heterocycles. The summed E-state index contributed by atoms with van der Waals surface area (Å²) in [5.41, 5.74) is 0. The lowest BCUT2D eigenvalue weighted by molar-refractivity contribution is -0.0781. The van der Waals surface area contributed by atoms with Crippen molar-refractivity contribution in [2.24, 2.45) is 0 Å². The molecule has 0 aromatic carbocycles. The molecular weight excluding hydrogens is 316 g/mol. The fourth-order valence-electron chi connectivity index (χ4n) is 3.22. The minimum atomic E-state index is -0.174. The number of thiazole rings is 1. The SMILES string of the molecule is C[C@@H]1CN([C@@H](c2ccco2)c2sc3ncnn3c2O)C[C@H](C)O1. The standard InChI is InChI=1S/C15H18N4O3S/c1-9-6-18(7-10(2)22-9)12(11-4-3-5-21-11)13-14(20)19-15(23-13)16-8-17-19/h3-5,8-10,12,20H,6-7H2,1-2H3/t9-,10+,12-/m0/s1. The molecule has 4 heterocycles. The van der Waals surface area contributed by atoms with Crippen molar-refractivity contribution in [3.8, 4) is 5.88 Å². The minimum Gasteiger partial charge on any atom is -0.492 e. The van der Waals surface area contributed by atoms with Gasteiger partial charge < -0.3 is 14.3 Å². The number of nitrogens with zero attached hydrogens (tertiary/aromatic N) is 4. The molecule has 122 valence electrons. The zero-order chi connectivity index (χ0) is 16.0. The van der Waals surface area contributed by atoms with E-state index in [4.69, 9.17) is 9.15 Å². The minimum absolute atomic E-state index is 0.121. The van der Waals surface area contributed by atoms with Crippen molar-refractivity contribution >= 4 is 16.3 Å². The number of morpholine rings is 1. The summed E-state index contributed by atoms with van der Waals surface area (Å²) >= 11 is 1.43. The molecule has 1 N–H and O–H groups in total. The molecule has 0 aliphatic carbocycles. The molecule has 1 fully saturated rings. The molecule has 0 bridgehead atoms. The van der Waals surface area contributed by atoms with Crippen LogP contribution >= 0.6 is 11.3 Å². The van der Waals surface area contributed by atoms with Crippen LogP contribution in [0.15, 0.2) is 29.1 Å². The Balaban J connectivity index is 1.79. The van der Waals surface area contributed by atoms with Gasteiger partial charge in [0, 0.05) is 13.1 Å². The Morgan fingerprint density at radius 1 is 1.35 bits per heavy atom. The smallest absolute Gasteiger partial charge is 0.230 e. The van der Waals surface area contributed by atoms with E-state index in [-0.39, 0.29) is 24.1 Å². The summed E-state index contributed by atoms with van der Waals surface area (Å²) in [6, 6.07) is 3.63. The van der Waals surface area contributed by atoms with E-state index in [0.717, 1.165) is 23.7 Å². The summed E-state index contributed by atoms with van der Waals surface area (Å²) in [4.78, 5) is 7.91. The largest absolute Gasteiger partial charge is 0.492 e. The van der Waals surface area contributed by atoms with Gasteiger partial charge in [-0.15, -0.1) is 0 Å². The molecule has 0 radical (unpaired) electrons. The van der Waals surface area contributed by atoms with Gasteiger partial charge in [0.2, 0.25) is 10.8 Å². The highest BCUT2D eigenvalue weighted by Gasteiger charge is 2.35. The Hall–Kier alpha value is -1.90. The maximum Gasteiger partial charge on any atom is 0.230 e. The first-order valence-electron chi connectivity index (χ1n) is 7.57. The van der Waals surface area contributed by atoms with E-state index in [0.29, 0.717) is 4.96 Å². The Kier molecular flexibility index (Phi) is 3.59. The highest BCUT2D eigenvalue weighted by Crippen LogP contribution is 2.40. The topological polar surface area (TPSA) is 76.0 Å². The molecule has 4 rings (SSSR count). The van der Waals surface area contributed by atoms with Gasteiger partial charge in [-0.2, -0.15) is 9.61 Å². The van der Waals surface area contributed by atoms with E-state index in [1.54, 1.807) is 6.26 Å². The summed E-state index contributed by atoms with van der Waals surface area (Å²) in [5, 5.41) is 14.7. The van der Waals surface area contributed by atoms with Crippen molar-refractivity contribution < 1.29 is 14.3 Å². The first kappa shape index (κ1) is 14.7. The van der Waals surface area contributed by atoms with Gasteiger partial charge in [0.05, 0.1) is 23.3 Å². The summed E-state index contributed by atoms with van der Waals surface area (Å²) in [5.74, 6) is 0.918. The van der Waals surface area contributed by atoms with Crippen LogP contribution in [0.3, 0.4) is 0 Å². The van der Waals surface area contributed by atoms with Crippen molar-refractivity contribution in [1.82, 2.24) is 19.5 Å². The van der Waals surface area contributed by atoms with Crippen LogP contribution in [-0.4, -0.2) is 49.9 Å². The molecule has 23 heavy (non-hydrogen) atoms. The Morgan fingerprint density at radius 2 is 2.13 bits per heavy atom. The molecular formula is C15H18N4O3S. The number of hydrogen-bond donors (Lipinski definition) is 1. The number of hydrogen-bond acceptors (Lipinski definition) is 7. The van der Waals surface area contributed by atoms with Crippen molar-refractivity contribution in [1.29, 1.82) is 0 Å². The predicted molar refractivity (Wildman–Crippen MR) is 84.7 cm³/mol. The third-order valence-corrected chi connectivity index (χ3v) is 5.10. The number of fused-ring (bicyclic) bond motifs is 1. The summed E-state index contributed by atoms with van der Waals surface area (Å²) in [6.07, 6.45) is 3.35. The first-order valence-corrected chi connectivity index (χ1v) is 8.39. The second-order valence-electron chi connectivity index (χ2n) is 5.87. The molecule has 1 saturated heterocycles. The van der Waals surface area contributed by atoms with E-state index in [1.165, 1.54) is 22.2 Å². The number of rotatable bonds is 3. The van der Waals surface area contributed by atoms with Crippen LogP contribution in [0, 0.1) is 0 Å². The second-order valence-corrected chi connectivity index (χ2v) is 6.88. The summed E-state index contributed by atoms with van der Waals surface area (Å²) in [6.45, 7) is 5.65. The molecule has 8 heteroatoms. The molecule has 0 spiro atoms. The van der Waals surface area contributed by atoms with E-state index in [9.17, 15) is 5.11 Å². The van der Waals surface area contributed by atoms with Crippen molar-refractivity contribution in [3.05, 3.63) is 35.4 Å². The lowest BCUT2D eigenvalue weighted by Crippen LogP contribution is -2.47. The van der Waals surface area contributed by atoms with Crippen LogP contribution in [0.5, 0.6) is 5.88 Å². The molecule has 7 nitrogen and oxygen atoms in total. The molecule has 0 amide bonds. The number of ether oxygens (including phenoxy) is 1. The third-order valence-electron chi connectivity index (χ3n) is 4.01. The van der Waals surface area contributed by atoms with Crippen LogP contribution in [-0.2, 0) is 4.74 Å². The first-order chi connectivity index (χ1) is 11.1. The van der Waals surface area contributed by atoms with Crippen molar-refractivity contribution in [2.75, 3.05) is 13.1 Å². The van der Waals surface area contributed by atoms with Gasteiger partial charge in [0.1, 0.15) is 18.1 Å². The third kappa shape index (κ3) is 2.52. The lowest BCUT2D eigenvalue weighted by atomic mass is 10.1. The fourth-order valence-corrected chi connectivity index (χ4v) is 4.29. The Labute approximate surface area is 137 Å². The molecule has 1 aliphatic rings. The predicted octanol–water partition coefficient (Wildman–Crippen LogP) is 2.29. The zero-order valence-electron chi connectivity index (χ0n) is 12.9. The van der Waals surface area contributed by atoms with Crippen LogP contribution in [0.2, 0.25) is 0 Å². The second kappa shape index (κ2) is 5.63. The van der Waals surface area contributed by atoms with Gasteiger partial charge in [-0.3, -0.25) is 4.90 Å². The molecule has 3 aromatic rings. The van der Waals surface area contributed by atoms with Crippen LogP contribution < -0.4 is 0 Å². The quantitative estimate of drug-likeness (QED) is 0.792. The lowest BCUT2D eigenvalue weighted by Gasteiger charge is -2.39. The van der Waals surface area contributed by atoms with Crippen LogP contribution in [0.4, 0.5) is 0 Å². The monoisotopic (exact) mass is 334 g/mol. The normalized spacial score (nSPS) is 24.3. The molecule has 1 aliphatic heterocycles. The number of furan rings is 1.